The summed E-state index contributed by atoms with van der Waals surface area (Å²) in [5.74, 6) is 0.982. The third-order valence-corrected chi connectivity index (χ3v) is 8.04. The predicted octanol–water partition coefficient (Wildman–Crippen LogP) is 5.75. The standard InChI is InChI=1S/C29H28Br2N2O4/c30-24-8-3-1-6-20(24)18-29(28(35)32-21-12-13-21)26(23-7-2-4-9-25(23)31)37-27(33-29)19-10-14-22(15-11-19)36-17-5-16-34/h1-4,6-11,14-15,21,26,34H,5,12-13,16-18H2,(H,32,35)/t26-,29-/m1/s1. The molecule has 3 aromatic rings. The summed E-state index contributed by atoms with van der Waals surface area (Å²) >= 11 is 7.34. The summed E-state index contributed by atoms with van der Waals surface area (Å²) in [7, 11) is 0. The summed E-state index contributed by atoms with van der Waals surface area (Å²) in [5.41, 5.74) is 1.40. The lowest BCUT2D eigenvalue weighted by Gasteiger charge is -2.31. The smallest absolute Gasteiger partial charge is 0.252 e. The molecule has 2 N–H and O–H groups in total. The molecule has 1 fully saturated rings. The van der Waals surface area contributed by atoms with Crippen molar-refractivity contribution in [2.45, 2.75) is 43.4 Å². The zero-order valence-electron chi connectivity index (χ0n) is 20.2. The first kappa shape index (κ1) is 25.9. The van der Waals surface area contributed by atoms with Crippen LogP contribution in [0, 0.1) is 0 Å². The van der Waals surface area contributed by atoms with E-state index in [4.69, 9.17) is 19.6 Å². The first-order valence-electron chi connectivity index (χ1n) is 12.4. The van der Waals surface area contributed by atoms with Crippen molar-refractivity contribution >= 4 is 43.7 Å². The van der Waals surface area contributed by atoms with E-state index in [1.165, 1.54) is 0 Å². The zero-order valence-corrected chi connectivity index (χ0v) is 23.4. The molecule has 0 bridgehead atoms. The van der Waals surface area contributed by atoms with E-state index in [2.05, 4.69) is 37.2 Å². The average Bonchev–Trinajstić information content (AvgIpc) is 3.64. The summed E-state index contributed by atoms with van der Waals surface area (Å²) in [6, 6.07) is 23.4. The van der Waals surface area contributed by atoms with Gasteiger partial charge in [-0.1, -0.05) is 68.3 Å². The van der Waals surface area contributed by atoms with E-state index in [1.54, 1.807) is 0 Å². The average molecular weight is 628 g/mol. The molecule has 8 heteroatoms. The number of hydrogen-bond acceptors (Lipinski definition) is 5. The quantitative estimate of drug-likeness (QED) is 0.281. The molecule has 0 spiro atoms. The van der Waals surface area contributed by atoms with E-state index in [9.17, 15) is 4.79 Å². The normalized spacial score (nSPS) is 20.7. The first-order valence-corrected chi connectivity index (χ1v) is 14.0. The van der Waals surface area contributed by atoms with Crippen molar-refractivity contribution in [3.05, 3.63) is 98.4 Å². The summed E-state index contributed by atoms with van der Waals surface area (Å²) in [4.78, 5) is 19.1. The van der Waals surface area contributed by atoms with Gasteiger partial charge in [-0.05, 0) is 54.8 Å². The Labute approximate surface area is 233 Å². The molecule has 0 unspecified atom stereocenters. The largest absolute Gasteiger partial charge is 0.494 e. The van der Waals surface area contributed by atoms with Crippen molar-refractivity contribution < 1.29 is 19.4 Å². The number of ether oxygens (including phenoxy) is 2. The van der Waals surface area contributed by atoms with Crippen LogP contribution >= 0.6 is 31.9 Å². The minimum absolute atomic E-state index is 0.0850. The molecule has 0 saturated heterocycles. The van der Waals surface area contributed by atoms with Crippen LogP contribution in [0.3, 0.4) is 0 Å². The zero-order chi connectivity index (χ0) is 25.8. The van der Waals surface area contributed by atoms with Gasteiger partial charge in [0.2, 0.25) is 5.90 Å². The maximum Gasteiger partial charge on any atom is 0.252 e. The summed E-state index contributed by atoms with van der Waals surface area (Å²) < 4.78 is 14.0. The molecule has 0 radical (unpaired) electrons. The molecule has 1 aliphatic heterocycles. The Hall–Kier alpha value is -2.68. The number of aliphatic hydroxyl groups excluding tert-OH is 1. The molecule has 1 aliphatic carbocycles. The third-order valence-electron chi connectivity index (χ3n) is 6.55. The van der Waals surface area contributed by atoms with Crippen molar-refractivity contribution in [1.82, 2.24) is 5.32 Å². The minimum Gasteiger partial charge on any atom is -0.494 e. The lowest BCUT2D eigenvalue weighted by atomic mass is 9.82. The van der Waals surface area contributed by atoms with Gasteiger partial charge in [0, 0.05) is 45.6 Å². The van der Waals surface area contributed by atoms with Crippen LogP contribution in [0.25, 0.3) is 0 Å². The molecule has 37 heavy (non-hydrogen) atoms. The number of nitrogens with one attached hydrogen (secondary N) is 1. The fourth-order valence-electron chi connectivity index (χ4n) is 4.42. The van der Waals surface area contributed by atoms with Crippen LogP contribution < -0.4 is 10.1 Å². The molecule has 0 aromatic heterocycles. The van der Waals surface area contributed by atoms with E-state index >= 15 is 0 Å². The molecule has 3 aromatic carbocycles. The lowest BCUT2D eigenvalue weighted by molar-refractivity contribution is -0.129. The van der Waals surface area contributed by atoms with Gasteiger partial charge >= 0.3 is 0 Å². The highest BCUT2D eigenvalue weighted by Crippen LogP contribution is 2.45. The SMILES string of the molecule is O=C(NC1CC1)[C@]1(Cc2ccccc2Br)N=C(c2ccc(OCCCO)cc2)O[C@@H]1c1ccccc1Br. The van der Waals surface area contributed by atoms with Gasteiger partial charge in [-0.2, -0.15) is 0 Å². The number of benzene rings is 3. The number of carbonyl (C=O) groups excluding carboxylic acids is 1. The Morgan fingerprint density at radius 2 is 1.73 bits per heavy atom. The van der Waals surface area contributed by atoms with Crippen molar-refractivity contribution in [3.8, 4) is 5.75 Å². The van der Waals surface area contributed by atoms with Gasteiger partial charge in [-0.15, -0.1) is 0 Å². The molecule has 192 valence electrons. The van der Waals surface area contributed by atoms with Gasteiger partial charge in [0.25, 0.3) is 5.91 Å². The topological polar surface area (TPSA) is 80.2 Å². The second kappa shape index (κ2) is 11.4. The minimum atomic E-state index is -1.21. The molecule has 5 rings (SSSR count). The molecule has 1 heterocycles. The van der Waals surface area contributed by atoms with E-state index in [1.807, 2.05) is 72.8 Å². The second-order valence-electron chi connectivity index (χ2n) is 9.33. The molecule has 2 atom stereocenters. The van der Waals surface area contributed by atoms with Crippen molar-refractivity contribution in [1.29, 1.82) is 0 Å². The Morgan fingerprint density at radius 3 is 2.41 bits per heavy atom. The number of carbonyl (C=O) groups is 1. The van der Waals surface area contributed by atoms with Crippen LogP contribution in [0.15, 0.2) is 86.7 Å². The Bertz CT molecular complexity index is 1290. The lowest BCUT2D eigenvalue weighted by Crippen LogP contribution is -2.50. The van der Waals surface area contributed by atoms with E-state index < -0.39 is 11.6 Å². The molecule has 6 nitrogen and oxygen atoms in total. The first-order chi connectivity index (χ1) is 18.0. The monoisotopic (exact) mass is 626 g/mol. The van der Waals surface area contributed by atoms with Gasteiger partial charge in [-0.3, -0.25) is 4.79 Å². The van der Waals surface area contributed by atoms with Crippen LogP contribution in [-0.4, -0.2) is 41.7 Å². The number of hydrogen-bond donors (Lipinski definition) is 2. The van der Waals surface area contributed by atoms with Crippen molar-refractivity contribution in [2.24, 2.45) is 4.99 Å². The van der Waals surface area contributed by atoms with E-state index in [0.29, 0.717) is 31.1 Å². The number of aliphatic hydroxyl groups is 1. The fourth-order valence-corrected chi connectivity index (χ4v) is 5.33. The predicted molar refractivity (Wildman–Crippen MR) is 150 cm³/mol. The van der Waals surface area contributed by atoms with Crippen LogP contribution in [-0.2, 0) is 16.0 Å². The maximum absolute atomic E-state index is 14.0. The second-order valence-corrected chi connectivity index (χ2v) is 11.0. The fraction of sp³-hybridized carbons (Fsp3) is 0.310. The van der Waals surface area contributed by atoms with Gasteiger partial charge in [0.05, 0.1) is 6.61 Å². The number of nitrogens with zero attached hydrogens (tertiary/aromatic N) is 1. The Morgan fingerprint density at radius 1 is 1.03 bits per heavy atom. The van der Waals surface area contributed by atoms with Crippen LogP contribution in [0.1, 0.15) is 42.1 Å². The van der Waals surface area contributed by atoms with Crippen LogP contribution in [0.2, 0.25) is 0 Å². The highest BCUT2D eigenvalue weighted by molar-refractivity contribution is 9.10. The van der Waals surface area contributed by atoms with Gasteiger partial charge < -0.3 is 19.9 Å². The van der Waals surface area contributed by atoms with Gasteiger partial charge in [0.15, 0.2) is 11.6 Å². The van der Waals surface area contributed by atoms with E-state index in [-0.39, 0.29) is 18.6 Å². The molecular formula is C29H28Br2N2O4. The van der Waals surface area contributed by atoms with Crippen molar-refractivity contribution in [2.75, 3.05) is 13.2 Å². The number of halogens is 2. The van der Waals surface area contributed by atoms with Crippen LogP contribution in [0.5, 0.6) is 5.75 Å². The summed E-state index contributed by atoms with van der Waals surface area (Å²) in [5, 5.41) is 12.2. The summed E-state index contributed by atoms with van der Waals surface area (Å²) in [6.07, 6.45) is 2.26. The van der Waals surface area contributed by atoms with Crippen LogP contribution in [0.4, 0.5) is 0 Å². The van der Waals surface area contributed by atoms with Gasteiger partial charge in [-0.25, -0.2) is 4.99 Å². The van der Waals surface area contributed by atoms with E-state index in [0.717, 1.165) is 38.5 Å². The highest BCUT2D eigenvalue weighted by atomic mass is 79.9. The van der Waals surface area contributed by atoms with Crippen molar-refractivity contribution in [3.63, 3.8) is 0 Å². The number of rotatable bonds is 10. The number of aliphatic imine (C=N–C) groups is 1. The molecular weight excluding hydrogens is 600 g/mol. The summed E-state index contributed by atoms with van der Waals surface area (Å²) in [6.45, 7) is 0.523. The maximum atomic E-state index is 14.0. The molecule has 1 amide bonds. The molecule has 2 aliphatic rings. The third kappa shape index (κ3) is 5.76. The van der Waals surface area contributed by atoms with Gasteiger partial charge in [0.1, 0.15) is 5.75 Å². The Kier molecular flexibility index (Phi) is 7.98. The number of amides is 1. The Balaban J connectivity index is 1.57. The molecule has 1 saturated carbocycles. The highest BCUT2D eigenvalue weighted by Gasteiger charge is 2.54.